The summed E-state index contributed by atoms with van der Waals surface area (Å²) < 4.78 is 2.00. The quantitative estimate of drug-likeness (QED) is 0.921. The highest BCUT2D eigenvalue weighted by Crippen LogP contribution is 2.20. The maximum absolute atomic E-state index is 12.5. The van der Waals surface area contributed by atoms with E-state index in [1.165, 1.54) is 12.8 Å². The van der Waals surface area contributed by atoms with E-state index in [1.54, 1.807) is 0 Å². The molecule has 0 saturated carbocycles. The van der Waals surface area contributed by atoms with E-state index in [4.69, 9.17) is 0 Å². The smallest absolute Gasteiger partial charge is 0.251 e. The molecule has 4 nitrogen and oxygen atoms in total. The van der Waals surface area contributed by atoms with Gasteiger partial charge in [0.15, 0.2) is 0 Å². The van der Waals surface area contributed by atoms with Crippen molar-refractivity contribution in [1.29, 1.82) is 0 Å². The van der Waals surface area contributed by atoms with Crippen LogP contribution in [0.15, 0.2) is 48.8 Å². The predicted molar refractivity (Wildman–Crippen MR) is 93.0 cm³/mol. The lowest BCUT2D eigenvalue weighted by molar-refractivity contribution is 0.0902. The van der Waals surface area contributed by atoms with Gasteiger partial charge in [-0.25, -0.2) is 0 Å². The number of likely N-dealkylation sites (tertiary alicyclic amines) is 1. The van der Waals surface area contributed by atoms with Gasteiger partial charge in [0.05, 0.1) is 0 Å². The maximum atomic E-state index is 12.5. The summed E-state index contributed by atoms with van der Waals surface area (Å²) in [7, 11) is 0. The molecule has 0 spiro atoms. The van der Waals surface area contributed by atoms with E-state index < -0.39 is 0 Å². The van der Waals surface area contributed by atoms with Gasteiger partial charge >= 0.3 is 0 Å². The summed E-state index contributed by atoms with van der Waals surface area (Å²) in [5.74, 6) is -0.00808. The van der Waals surface area contributed by atoms with Crippen LogP contribution in [0.5, 0.6) is 0 Å². The van der Waals surface area contributed by atoms with Gasteiger partial charge in [0.25, 0.3) is 5.91 Å². The molecule has 2 aromatic rings. The zero-order valence-corrected chi connectivity index (χ0v) is 14.0. The summed E-state index contributed by atoms with van der Waals surface area (Å²) in [5, 5.41) is 3.10. The van der Waals surface area contributed by atoms with E-state index in [2.05, 4.69) is 24.1 Å². The summed E-state index contributed by atoms with van der Waals surface area (Å²) in [6, 6.07) is 11.7. The molecule has 2 heterocycles. The fraction of sp³-hybridized carbons (Fsp3) is 0.421. The summed E-state index contributed by atoms with van der Waals surface area (Å²) in [4.78, 5) is 15.0. The number of rotatable bonds is 5. The molecule has 1 aliphatic rings. The Balaban J connectivity index is 1.65. The van der Waals surface area contributed by atoms with Gasteiger partial charge < -0.3 is 9.88 Å². The molecule has 1 saturated heterocycles. The van der Waals surface area contributed by atoms with Crippen molar-refractivity contribution < 1.29 is 4.79 Å². The van der Waals surface area contributed by atoms with E-state index in [1.807, 2.05) is 53.4 Å². The van der Waals surface area contributed by atoms with E-state index in [9.17, 15) is 4.79 Å². The molecule has 23 heavy (non-hydrogen) atoms. The number of aromatic nitrogens is 1. The van der Waals surface area contributed by atoms with Crippen LogP contribution < -0.4 is 5.32 Å². The van der Waals surface area contributed by atoms with Crippen LogP contribution in [0.1, 0.15) is 37.0 Å². The van der Waals surface area contributed by atoms with Gasteiger partial charge in [-0.1, -0.05) is 6.07 Å². The second-order valence-electron chi connectivity index (χ2n) is 6.83. The molecule has 1 fully saturated rings. The topological polar surface area (TPSA) is 37.3 Å². The average molecular weight is 311 g/mol. The van der Waals surface area contributed by atoms with Crippen LogP contribution in [-0.4, -0.2) is 40.5 Å². The van der Waals surface area contributed by atoms with Gasteiger partial charge in [-0.3, -0.25) is 9.69 Å². The Hall–Kier alpha value is -2.07. The standard InChI is InChI=1S/C19H25N3O/c1-19(2,22-12-5-6-13-22)15-20-18(23)16-8-7-9-17(14-16)21-10-3-4-11-21/h3-4,7-11,14H,5-6,12-13,15H2,1-2H3,(H,20,23). The molecule has 4 heteroatoms. The Morgan fingerprint density at radius 3 is 2.52 bits per heavy atom. The van der Waals surface area contributed by atoms with Crippen LogP contribution in [0.2, 0.25) is 0 Å². The van der Waals surface area contributed by atoms with E-state index in [-0.39, 0.29) is 11.4 Å². The fourth-order valence-corrected chi connectivity index (χ4v) is 3.15. The lowest BCUT2D eigenvalue weighted by Gasteiger charge is -2.35. The molecule has 0 bridgehead atoms. The molecule has 1 amide bonds. The SMILES string of the molecule is CC(C)(CNC(=O)c1cccc(-n2cccc2)c1)N1CCCC1. The highest BCUT2D eigenvalue weighted by atomic mass is 16.1. The van der Waals surface area contributed by atoms with Gasteiger partial charge in [-0.05, 0) is 70.1 Å². The molecule has 1 aromatic heterocycles. The first kappa shape index (κ1) is 15.8. The normalized spacial score (nSPS) is 15.7. The van der Waals surface area contributed by atoms with Crippen molar-refractivity contribution in [3.05, 3.63) is 54.4 Å². The van der Waals surface area contributed by atoms with Crippen molar-refractivity contribution in [3.63, 3.8) is 0 Å². The summed E-state index contributed by atoms with van der Waals surface area (Å²) in [6.07, 6.45) is 6.48. The van der Waals surface area contributed by atoms with E-state index in [0.717, 1.165) is 18.8 Å². The summed E-state index contributed by atoms with van der Waals surface area (Å²) >= 11 is 0. The van der Waals surface area contributed by atoms with Crippen molar-refractivity contribution in [1.82, 2.24) is 14.8 Å². The van der Waals surface area contributed by atoms with Gasteiger partial charge in [0, 0.05) is 35.7 Å². The number of hydrogen-bond acceptors (Lipinski definition) is 2. The summed E-state index contributed by atoms with van der Waals surface area (Å²) in [5.41, 5.74) is 1.71. The minimum Gasteiger partial charge on any atom is -0.350 e. The van der Waals surface area contributed by atoms with E-state index in [0.29, 0.717) is 12.1 Å². The lowest BCUT2D eigenvalue weighted by Crippen LogP contribution is -2.50. The first-order valence-corrected chi connectivity index (χ1v) is 8.33. The molecule has 0 unspecified atom stereocenters. The lowest BCUT2D eigenvalue weighted by atomic mass is 10.0. The highest BCUT2D eigenvalue weighted by Gasteiger charge is 2.29. The second kappa shape index (κ2) is 6.59. The zero-order valence-electron chi connectivity index (χ0n) is 14.0. The molecular formula is C19H25N3O. The van der Waals surface area contributed by atoms with Gasteiger partial charge in [-0.2, -0.15) is 0 Å². The first-order chi connectivity index (χ1) is 11.1. The third-order valence-corrected chi connectivity index (χ3v) is 4.65. The highest BCUT2D eigenvalue weighted by molar-refractivity contribution is 5.94. The van der Waals surface area contributed by atoms with Crippen LogP contribution >= 0.6 is 0 Å². The number of hydrogen-bond donors (Lipinski definition) is 1. The van der Waals surface area contributed by atoms with Crippen LogP contribution in [-0.2, 0) is 0 Å². The molecule has 1 aromatic carbocycles. The van der Waals surface area contributed by atoms with E-state index >= 15 is 0 Å². The van der Waals surface area contributed by atoms with Crippen molar-refractivity contribution in [2.45, 2.75) is 32.2 Å². The second-order valence-corrected chi connectivity index (χ2v) is 6.83. The van der Waals surface area contributed by atoms with Crippen LogP contribution in [0, 0.1) is 0 Å². The van der Waals surface area contributed by atoms with Gasteiger partial charge in [0.1, 0.15) is 0 Å². The molecule has 1 aliphatic heterocycles. The number of nitrogens with zero attached hydrogens (tertiary/aromatic N) is 2. The maximum Gasteiger partial charge on any atom is 0.251 e. The number of benzene rings is 1. The van der Waals surface area contributed by atoms with Crippen LogP contribution in [0.4, 0.5) is 0 Å². The Bertz CT molecular complexity index is 655. The summed E-state index contributed by atoms with van der Waals surface area (Å²) in [6.45, 7) is 7.33. The number of carbonyl (C=O) groups is 1. The van der Waals surface area contributed by atoms with Crippen molar-refractivity contribution in [2.24, 2.45) is 0 Å². The molecule has 1 N–H and O–H groups in total. The zero-order chi connectivity index (χ0) is 16.3. The average Bonchev–Trinajstić information content (AvgIpc) is 3.25. The van der Waals surface area contributed by atoms with Crippen molar-refractivity contribution in [2.75, 3.05) is 19.6 Å². The number of nitrogens with one attached hydrogen (secondary N) is 1. The van der Waals surface area contributed by atoms with Crippen LogP contribution in [0.3, 0.4) is 0 Å². The largest absolute Gasteiger partial charge is 0.350 e. The molecule has 0 radical (unpaired) electrons. The minimum atomic E-state index is -0.00808. The Morgan fingerprint density at radius 2 is 1.83 bits per heavy atom. The van der Waals surface area contributed by atoms with Crippen LogP contribution in [0.25, 0.3) is 5.69 Å². The molecule has 122 valence electrons. The van der Waals surface area contributed by atoms with Crippen molar-refractivity contribution >= 4 is 5.91 Å². The fourth-order valence-electron chi connectivity index (χ4n) is 3.15. The van der Waals surface area contributed by atoms with Gasteiger partial charge in [0.2, 0.25) is 0 Å². The molecule has 3 rings (SSSR count). The molecule has 0 aliphatic carbocycles. The third kappa shape index (κ3) is 3.64. The number of amides is 1. The first-order valence-electron chi connectivity index (χ1n) is 8.33. The Morgan fingerprint density at radius 1 is 1.13 bits per heavy atom. The predicted octanol–water partition coefficient (Wildman–Crippen LogP) is 3.08. The number of carbonyl (C=O) groups excluding carboxylic acids is 1. The molecule has 0 atom stereocenters. The Labute approximate surface area is 138 Å². The third-order valence-electron chi connectivity index (χ3n) is 4.65. The minimum absolute atomic E-state index is 0.00417. The van der Waals surface area contributed by atoms with Gasteiger partial charge in [-0.15, -0.1) is 0 Å². The van der Waals surface area contributed by atoms with Crippen molar-refractivity contribution in [3.8, 4) is 5.69 Å². The molecular weight excluding hydrogens is 286 g/mol. The monoisotopic (exact) mass is 311 g/mol. The Kier molecular flexibility index (Phi) is 4.53.